The molecule has 3 heteroatoms. The summed E-state index contributed by atoms with van der Waals surface area (Å²) in [7, 11) is 4.20. The predicted octanol–water partition coefficient (Wildman–Crippen LogP) is 3.30. The highest BCUT2D eigenvalue weighted by Crippen LogP contribution is 2.13. The number of nitrogens with zero attached hydrogens (tertiary/aromatic N) is 1. The van der Waals surface area contributed by atoms with Crippen molar-refractivity contribution in [2.75, 3.05) is 27.2 Å². The highest BCUT2D eigenvalue weighted by molar-refractivity contribution is 5.27. The van der Waals surface area contributed by atoms with E-state index in [0.29, 0.717) is 6.04 Å². The van der Waals surface area contributed by atoms with E-state index in [0.717, 1.165) is 31.9 Å². The average molecular weight is 278 g/mol. The average Bonchev–Trinajstić information content (AvgIpc) is 2.42. The molecule has 114 valence electrons. The summed E-state index contributed by atoms with van der Waals surface area (Å²) in [6.07, 6.45) is 3.62. The van der Waals surface area contributed by atoms with E-state index in [1.807, 2.05) is 0 Å². The zero-order chi connectivity index (χ0) is 14.8. The van der Waals surface area contributed by atoms with E-state index in [-0.39, 0.29) is 0 Å². The molecule has 1 aromatic carbocycles. The first kappa shape index (κ1) is 17.0. The van der Waals surface area contributed by atoms with Crippen LogP contribution in [0.15, 0.2) is 24.3 Å². The fourth-order valence-corrected chi connectivity index (χ4v) is 2.15. The van der Waals surface area contributed by atoms with Gasteiger partial charge in [-0.25, -0.2) is 0 Å². The number of hydrogen-bond acceptors (Lipinski definition) is 3. The van der Waals surface area contributed by atoms with Crippen LogP contribution in [0.5, 0.6) is 5.75 Å². The highest BCUT2D eigenvalue weighted by Gasteiger charge is 2.03. The molecule has 1 N–H and O–H groups in total. The van der Waals surface area contributed by atoms with Gasteiger partial charge in [-0.15, -0.1) is 0 Å². The first-order valence-corrected chi connectivity index (χ1v) is 7.71. The van der Waals surface area contributed by atoms with Gasteiger partial charge in [-0.05, 0) is 45.1 Å². The maximum atomic E-state index is 5.71. The van der Waals surface area contributed by atoms with E-state index in [2.05, 4.69) is 62.4 Å². The lowest BCUT2D eigenvalue weighted by atomic mass is 10.2. The fraction of sp³-hybridized carbons (Fsp3) is 0.647. The molecular formula is C17H30N2O. The Morgan fingerprint density at radius 3 is 2.45 bits per heavy atom. The maximum absolute atomic E-state index is 5.71. The van der Waals surface area contributed by atoms with Crippen LogP contribution in [0.2, 0.25) is 0 Å². The second-order valence-electron chi connectivity index (χ2n) is 5.74. The predicted molar refractivity (Wildman–Crippen MR) is 86.3 cm³/mol. The Labute approximate surface area is 124 Å². The van der Waals surface area contributed by atoms with E-state index in [1.54, 1.807) is 0 Å². The zero-order valence-corrected chi connectivity index (χ0v) is 13.5. The lowest BCUT2D eigenvalue weighted by Gasteiger charge is -2.18. The van der Waals surface area contributed by atoms with Crippen LogP contribution < -0.4 is 10.1 Å². The van der Waals surface area contributed by atoms with Crippen LogP contribution in [-0.4, -0.2) is 38.2 Å². The molecule has 1 aromatic rings. The van der Waals surface area contributed by atoms with E-state index in [4.69, 9.17) is 4.74 Å². The summed E-state index contributed by atoms with van der Waals surface area (Å²) in [6, 6.07) is 8.92. The highest BCUT2D eigenvalue weighted by atomic mass is 16.5. The molecule has 20 heavy (non-hydrogen) atoms. The van der Waals surface area contributed by atoms with Gasteiger partial charge in [0.05, 0.1) is 6.61 Å². The Kier molecular flexibility index (Phi) is 8.31. The van der Waals surface area contributed by atoms with Crippen molar-refractivity contribution < 1.29 is 4.74 Å². The third-order valence-electron chi connectivity index (χ3n) is 3.23. The van der Waals surface area contributed by atoms with Crippen LogP contribution in [0.25, 0.3) is 0 Å². The largest absolute Gasteiger partial charge is 0.494 e. The smallest absolute Gasteiger partial charge is 0.119 e. The lowest BCUT2D eigenvalue weighted by molar-refractivity contribution is 0.306. The number of hydrogen-bond donors (Lipinski definition) is 1. The van der Waals surface area contributed by atoms with Crippen LogP contribution in [-0.2, 0) is 6.54 Å². The lowest BCUT2D eigenvalue weighted by Crippen LogP contribution is -2.35. The fourth-order valence-electron chi connectivity index (χ4n) is 2.15. The summed E-state index contributed by atoms with van der Waals surface area (Å²) in [5.74, 6) is 0.978. The molecule has 0 amide bonds. The van der Waals surface area contributed by atoms with Gasteiger partial charge in [0.2, 0.25) is 0 Å². The van der Waals surface area contributed by atoms with Crippen LogP contribution in [0.3, 0.4) is 0 Å². The molecule has 3 nitrogen and oxygen atoms in total. The van der Waals surface area contributed by atoms with Gasteiger partial charge >= 0.3 is 0 Å². The van der Waals surface area contributed by atoms with Crippen LogP contribution in [0.1, 0.15) is 38.7 Å². The van der Waals surface area contributed by atoms with Gasteiger partial charge in [-0.3, -0.25) is 0 Å². The van der Waals surface area contributed by atoms with Gasteiger partial charge in [0.15, 0.2) is 0 Å². The van der Waals surface area contributed by atoms with Gasteiger partial charge in [0.1, 0.15) is 5.75 Å². The second kappa shape index (κ2) is 9.78. The van der Waals surface area contributed by atoms with Gasteiger partial charge in [-0.2, -0.15) is 0 Å². The molecule has 0 aromatic heterocycles. The third-order valence-corrected chi connectivity index (χ3v) is 3.23. The molecule has 0 saturated carbocycles. The summed E-state index contributed by atoms with van der Waals surface area (Å²) in [5.41, 5.74) is 1.30. The van der Waals surface area contributed by atoms with Gasteiger partial charge in [-0.1, -0.05) is 31.9 Å². The first-order chi connectivity index (χ1) is 9.61. The Balaban J connectivity index is 2.27. The molecule has 0 fully saturated rings. The summed E-state index contributed by atoms with van der Waals surface area (Å²) in [5, 5.41) is 3.53. The summed E-state index contributed by atoms with van der Waals surface area (Å²) >= 11 is 0. The second-order valence-corrected chi connectivity index (χ2v) is 5.74. The van der Waals surface area contributed by atoms with Crippen molar-refractivity contribution in [1.82, 2.24) is 10.2 Å². The molecular weight excluding hydrogens is 248 g/mol. The molecule has 0 aliphatic heterocycles. The van der Waals surface area contributed by atoms with E-state index < -0.39 is 0 Å². The van der Waals surface area contributed by atoms with Gasteiger partial charge in [0.25, 0.3) is 0 Å². The van der Waals surface area contributed by atoms with E-state index >= 15 is 0 Å². The van der Waals surface area contributed by atoms with Crippen LogP contribution >= 0.6 is 0 Å². The molecule has 0 bridgehead atoms. The number of rotatable bonds is 10. The number of likely N-dealkylation sites (N-methyl/N-ethyl adjacent to an activating group) is 1. The van der Waals surface area contributed by atoms with Gasteiger partial charge in [0, 0.05) is 19.1 Å². The Morgan fingerprint density at radius 1 is 1.15 bits per heavy atom. The molecule has 1 atom stereocenters. The van der Waals surface area contributed by atoms with Crippen molar-refractivity contribution in [3.8, 4) is 5.75 Å². The first-order valence-electron chi connectivity index (χ1n) is 7.71. The topological polar surface area (TPSA) is 24.5 Å². The number of nitrogens with one attached hydrogen (secondary N) is 1. The van der Waals surface area contributed by atoms with E-state index in [1.165, 1.54) is 18.4 Å². The molecule has 0 spiro atoms. The van der Waals surface area contributed by atoms with Crippen molar-refractivity contribution in [3.05, 3.63) is 29.8 Å². The normalized spacial score (nSPS) is 12.7. The van der Waals surface area contributed by atoms with Crippen molar-refractivity contribution in [2.24, 2.45) is 0 Å². The minimum atomic E-state index is 0.495. The summed E-state index contributed by atoms with van der Waals surface area (Å²) < 4.78 is 5.71. The molecule has 1 rings (SSSR count). The Hall–Kier alpha value is -1.06. The third kappa shape index (κ3) is 7.51. The molecule has 0 radical (unpaired) electrons. The van der Waals surface area contributed by atoms with Crippen LogP contribution in [0, 0.1) is 0 Å². The van der Waals surface area contributed by atoms with Crippen molar-refractivity contribution in [1.29, 1.82) is 0 Å². The quantitative estimate of drug-likeness (QED) is 0.665. The molecule has 0 saturated heterocycles. The summed E-state index contributed by atoms with van der Waals surface area (Å²) in [4.78, 5) is 2.20. The molecule has 0 heterocycles. The van der Waals surface area contributed by atoms with Crippen molar-refractivity contribution in [2.45, 2.75) is 45.7 Å². The molecule has 0 aliphatic carbocycles. The van der Waals surface area contributed by atoms with Crippen molar-refractivity contribution in [3.63, 3.8) is 0 Å². The number of unbranched alkanes of at least 4 members (excludes halogenated alkanes) is 2. The zero-order valence-electron chi connectivity index (χ0n) is 13.5. The number of ether oxygens (including phenoxy) is 1. The summed E-state index contributed by atoms with van der Waals surface area (Å²) in [6.45, 7) is 7.21. The molecule has 1 unspecified atom stereocenters. The van der Waals surface area contributed by atoms with Crippen molar-refractivity contribution >= 4 is 0 Å². The maximum Gasteiger partial charge on any atom is 0.119 e. The Bertz CT molecular complexity index is 349. The van der Waals surface area contributed by atoms with E-state index in [9.17, 15) is 0 Å². The minimum Gasteiger partial charge on any atom is -0.494 e. The SMILES string of the molecule is CCCCCOc1ccc(CNC(C)CN(C)C)cc1. The van der Waals surface area contributed by atoms with Gasteiger partial charge < -0.3 is 15.0 Å². The monoisotopic (exact) mass is 278 g/mol. The number of benzene rings is 1. The standard InChI is InChI=1S/C17H30N2O/c1-5-6-7-12-20-17-10-8-16(9-11-17)13-18-15(2)14-19(3)4/h8-11,15,18H,5-7,12-14H2,1-4H3. The minimum absolute atomic E-state index is 0.495. The Morgan fingerprint density at radius 2 is 1.85 bits per heavy atom. The molecule has 0 aliphatic rings. The van der Waals surface area contributed by atoms with Crippen LogP contribution in [0.4, 0.5) is 0 Å².